The van der Waals surface area contributed by atoms with Gasteiger partial charge in [-0.2, -0.15) is 4.68 Å². The van der Waals surface area contributed by atoms with Gasteiger partial charge in [0, 0.05) is 5.69 Å². The Morgan fingerprint density at radius 2 is 1.83 bits per heavy atom. The number of alkyl halides is 3. The van der Waals surface area contributed by atoms with E-state index in [1.807, 2.05) is 24.3 Å². The largest absolute Gasteiger partial charge is 0.573 e. The standard InChI is InChI=1S/C18H16F3N5O2S/c1-2-12-3-7-14(8-4-12)26-17(23-24-25-26)29-11-16(27)22-13-5-9-15(10-6-13)28-18(19,20)21/h3-10H,2,11H2,1H3,(H,22,27). The minimum atomic E-state index is -4.76. The summed E-state index contributed by atoms with van der Waals surface area (Å²) in [5.41, 5.74) is 2.30. The van der Waals surface area contributed by atoms with E-state index in [9.17, 15) is 18.0 Å². The number of tetrazole rings is 1. The van der Waals surface area contributed by atoms with Gasteiger partial charge < -0.3 is 10.1 Å². The Morgan fingerprint density at radius 3 is 2.45 bits per heavy atom. The molecule has 0 aliphatic heterocycles. The number of amides is 1. The van der Waals surface area contributed by atoms with E-state index in [4.69, 9.17) is 0 Å². The van der Waals surface area contributed by atoms with Gasteiger partial charge in [-0.25, -0.2) is 0 Å². The average molecular weight is 423 g/mol. The fourth-order valence-electron chi connectivity index (χ4n) is 2.37. The molecule has 2 aromatic carbocycles. The zero-order chi connectivity index (χ0) is 20.9. The molecule has 0 aliphatic rings. The van der Waals surface area contributed by atoms with Crippen LogP contribution in [0.5, 0.6) is 5.75 Å². The number of halogens is 3. The summed E-state index contributed by atoms with van der Waals surface area (Å²) in [5.74, 6) is -0.692. The lowest BCUT2D eigenvalue weighted by molar-refractivity contribution is -0.274. The van der Waals surface area contributed by atoms with Crippen LogP contribution in [0.25, 0.3) is 5.69 Å². The number of ether oxygens (including phenoxy) is 1. The molecular weight excluding hydrogens is 407 g/mol. The molecule has 0 aliphatic carbocycles. The molecule has 152 valence electrons. The lowest BCUT2D eigenvalue weighted by Crippen LogP contribution is -2.17. The number of aromatic nitrogens is 4. The normalized spacial score (nSPS) is 11.3. The van der Waals surface area contributed by atoms with Crippen molar-refractivity contribution in [1.29, 1.82) is 0 Å². The molecular formula is C18H16F3N5O2S. The molecule has 3 rings (SSSR count). The van der Waals surface area contributed by atoms with Crippen LogP contribution in [0.1, 0.15) is 12.5 Å². The van der Waals surface area contributed by atoms with Gasteiger partial charge in [-0.1, -0.05) is 30.8 Å². The smallest absolute Gasteiger partial charge is 0.406 e. The van der Waals surface area contributed by atoms with Crippen LogP contribution in [0.15, 0.2) is 53.7 Å². The number of anilines is 1. The third kappa shape index (κ3) is 5.95. The lowest BCUT2D eigenvalue weighted by Gasteiger charge is -2.10. The molecule has 3 aromatic rings. The van der Waals surface area contributed by atoms with Crippen LogP contribution >= 0.6 is 11.8 Å². The highest BCUT2D eigenvalue weighted by Crippen LogP contribution is 2.24. The first-order chi connectivity index (χ1) is 13.8. The summed E-state index contributed by atoms with van der Waals surface area (Å²) in [6.07, 6.45) is -3.84. The highest BCUT2D eigenvalue weighted by molar-refractivity contribution is 7.99. The van der Waals surface area contributed by atoms with Gasteiger partial charge in [0.2, 0.25) is 11.1 Å². The third-order valence-corrected chi connectivity index (χ3v) is 4.65. The second kappa shape index (κ2) is 8.95. The molecule has 0 saturated heterocycles. The minimum Gasteiger partial charge on any atom is -0.406 e. The first-order valence-electron chi connectivity index (χ1n) is 8.50. The molecule has 11 heteroatoms. The summed E-state index contributed by atoms with van der Waals surface area (Å²) >= 11 is 1.14. The fourth-order valence-corrected chi connectivity index (χ4v) is 3.06. The van der Waals surface area contributed by atoms with Crippen molar-refractivity contribution in [3.63, 3.8) is 0 Å². The molecule has 0 spiro atoms. The molecule has 0 unspecified atom stereocenters. The van der Waals surface area contributed by atoms with Crippen LogP contribution < -0.4 is 10.1 Å². The highest BCUT2D eigenvalue weighted by atomic mass is 32.2. The van der Waals surface area contributed by atoms with E-state index in [0.29, 0.717) is 10.8 Å². The van der Waals surface area contributed by atoms with Gasteiger partial charge in [-0.05, 0) is 58.8 Å². The van der Waals surface area contributed by atoms with E-state index in [0.717, 1.165) is 36.0 Å². The Kier molecular flexibility index (Phi) is 6.37. The summed E-state index contributed by atoms with van der Waals surface area (Å²) in [5, 5.41) is 14.5. The van der Waals surface area contributed by atoms with Gasteiger partial charge in [0.1, 0.15) is 5.75 Å². The van der Waals surface area contributed by atoms with Crippen LogP contribution in [-0.2, 0) is 11.2 Å². The Bertz CT molecular complexity index is 959. The summed E-state index contributed by atoms with van der Waals surface area (Å²) in [4.78, 5) is 12.1. The quantitative estimate of drug-likeness (QED) is 0.582. The fraction of sp³-hybridized carbons (Fsp3) is 0.222. The van der Waals surface area contributed by atoms with Gasteiger partial charge in [-0.3, -0.25) is 4.79 Å². The van der Waals surface area contributed by atoms with Gasteiger partial charge in [0.25, 0.3) is 0 Å². The monoisotopic (exact) mass is 423 g/mol. The molecule has 1 amide bonds. The maximum Gasteiger partial charge on any atom is 0.573 e. The Balaban J connectivity index is 1.57. The molecule has 0 bridgehead atoms. The first-order valence-corrected chi connectivity index (χ1v) is 9.49. The number of rotatable bonds is 7. The van der Waals surface area contributed by atoms with Crippen molar-refractivity contribution in [1.82, 2.24) is 20.2 Å². The van der Waals surface area contributed by atoms with E-state index < -0.39 is 6.36 Å². The molecule has 0 radical (unpaired) electrons. The number of thioether (sulfide) groups is 1. The lowest BCUT2D eigenvalue weighted by atomic mass is 10.1. The molecule has 29 heavy (non-hydrogen) atoms. The summed E-state index contributed by atoms with van der Waals surface area (Å²) in [6.45, 7) is 2.06. The number of aryl methyl sites for hydroxylation is 1. The SMILES string of the molecule is CCc1ccc(-n2nnnc2SCC(=O)Nc2ccc(OC(F)(F)F)cc2)cc1. The number of carbonyl (C=O) groups is 1. The van der Waals surface area contributed by atoms with E-state index in [-0.39, 0.29) is 17.4 Å². The summed E-state index contributed by atoms with van der Waals surface area (Å²) < 4.78 is 41.8. The van der Waals surface area contributed by atoms with Crippen molar-refractivity contribution in [2.75, 3.05) is 11.1 Å². The van der Waals surface area contributed by atoms with Crippen molar-refractivity contribution < 1.29 is 22.7 Å². The maximum absolute atomic E-state index is 12.2. The third-order valence-electron chi connectivity index (χ3n) is 3.73. The van der Waals surface area contributed by atoms with Crippen molar-refractivity contribution in [3.05, 3.63) is 54.1 Å². The number of hydrogen-bond acceptors (Lipinski definition) is 6. The maximum atomic E-state index is 12.2. The number of nitrogens with one attached hydrogen (secondary N) is 1. The molecule has 1 N–H and O–H groups in total. The average Bonchev–Trinajstić information content (AvgIpc) is 3.15. The predicted octanol–water partition coefficient (Wildman–Crippen LogP) is 3.85. The predicted molar refractivity (Wildman–Crippen MR) is 101 cm³/mol. The van der Waals surface area contributed by atoms with Crippen molar-refractivity contribution in [2.45, 2.75) is 24.9 Å². The summed E-state index contributed by atoms with van der Waals surface area (Å²) in [7, 11) is 0. The number of hydrogen-bond donors (Lipinski definition) is 1. The zero-order valence-corrected chi connectivity index (χ0v) is 16.0. The number of benzene rings is 2. The molecule has 0 saturated carbocycles. The van der Waals surface area contributed by atoms with Crippen molar-refractivity contribution >= 4 is 23.4 Å². The van der Waals surface area contributed by atoms with Gasteiger partial charge in [0.05, 0.1) is 11.4 Å². The molecule has 0 atom stereocenters. The molecule has 1 aromatic heterocycles. The van der Waals surface area contributed by atoms with Gasteiger partial charge in [0.15, 0.2) is 0 Å². The van der Waals surface area contributed by atoms with Gasteiger partial charge in [-0.15, -0.1) is 18.3 Å². The van der Waals surface area contributed by atoms with E-state index in [1.54, 1.807) is 0 Å². The molecule has 7 nitrogen and oxygen atoms in total. The van der Waals surface area contributed by atoms with Crippen LogP contribution in [0.3, 0.4) is 0 Å². The van der Waals surface area contributed by atoms with Crippen LogP contribution in [0, 0.1) is 0 Å². The summed E-state index contributed by atoms with van der Waals surface area (Å²) in [6, 6.07) is 12.6. The Hall–Kier alpha value is -3.08. The van der Waals surface area contributed by atoms with Gasteiger partial charge >= 0.3 is 6.36 Å². The van der Waals surface area contributed by atoms with Crippen LogP contribution in [0.4, 0.5) is 18.9 Å². The molecule has 1 heterocycles. The number of carbonyl (C=O) groups excluding carboxylic acids is 1. The second-order valence-corrected chi connectivity index (χ2v) is 6.74. The van der Waals surface area contributed by atoms with E-state index in [2.05, 4.69) is 32.5 Å². The minimum absolute atomic E-state index is 0.0220. The van der Waals surface area contributed by atoms with E-state index >= 15 is 0 Å². The number of nitrogens with zero attached hydrogens (tertiary/aromatic N) is 4. The first kappa shape index (κ1) is 20.6. The Labute approximate surface area is 168 Å². The van der Waals surface area contributed by atoms with E-state index in [1.165, 1.54) is 22.4 Å². The molecule has 0 fully saturated rings. The van der Waals surface area contributed by atoms with Crippen molar-refractivity contribution in [3.8, 4) is 11.4 Å². The zero-order valence-electron chi connectivity index (χ0n) is 15.2. The highest BCUT2D eigenvalue weighted by Gasteiger charge is 2.30. The van der Waals surface area contributed by atoms with Crippen LogP contribution in [0.2, 0.25) is 0 Å². The second-order valence-electron chi connectivity index (χ2n) is 5.80. The van der Waals surface area contributed by atoms with Crippen LogP contribution in [-0.4, -0.2) is 38.2 Å². The Morgan fingerprint density at radius 1 is 1.14 bits per heavy atom. The van der Waals surface area contributed by atoms with Crippen molar-refractivity contribution in [2.24, 2.45) is 0 Å². The topological polar surface area (TPSA) is 81.9 Å².